The van der Waals surface area contributed by atoms with E-state index >= 15 is 0 Å². The van der Waals surface area contributed by atoms with Gasteiger partial charge in [0.15, 0.2) is 0 Å². The van der Waals surface area contributed by atoms with E-state index in [-0.39, 0.29) is 12.6 Å². The summed E-state index contributed by atoms with van der Waals surface area (Å²) in [6.07, 6.45) is 0. The Labute approximate surface area is 131 Å². The number of aliphatic hydroxyl groups excluding tert-OH is 1. The van der Waals surface area contributed by atoms with E-state index in [1.807, 2.05) is 55.6 Å². The number of benzene rings is 2. The summed E-state index contributed by atoms with van der Waals surface area (Å²) in [5.74, 6) is 1.67. The van der Waals surface area contributed by atoms with Gasteiger partial charge in [0.05, 0.1) is 26.9 Å². The van der Waals surface area contributed by atoms with Gasteiger partial charge in [-0.3, -0.25) is 4.90 Å². The van der Waals surface area contributed by atoms with Gasteiger partial charge in [-0.2, -0.15) is 0 Å². The summed E-state index contributed by atoms with van der Waals surface area (Å²) in [4.78, 5) is 2.11. The van der Waals surface area contributed by atoms with Gasteiger partial charge < -0.3 is 14.6 Å². The van der Waals surface area contributed by atoms with Crippen LogP contribution in [0.2, 0.25) is 0 Å². The Morgan fingerprint density at radius 3 is 2.27 bits per heavy atom. The molecule has 4 nitrogen and oxygen atoms in total. The maximum Gasteiger partial charge on any atom is 0.123 e. The quantitative estimate of drug-likeness (QED) is 0.854. The van der Waals surface area contributed by atoms with E-state index in [9.17, 15) is 5.11 Å². The molecule has 1 N–H and O–H groups in total. The number of ether oxygens (including phenoxy) is 2. The summed E-state index contributed by atoms with van der Waals surface area (Å²) < 4.78 is 10.6. The number of hydrogen-bond acceptors (Lipinski definition) is 4. The van der Waals surface area contributed by atoms with Crippen molar-refractivity contribution in [2.24, 2.45) is 0 Å². The number of methoxy groups -OCH3 is 2. The van der Waals surface area contributed by atoms with Crippen LogP contribution in [0.25, 0.3) is 0 Å². The Hall–Kier alpha value is -2.04. The second-order valence-electron chi connectivity index (χ2n) is 5.20. The van der Waals surface area contributed by atoms with E-state index in [0.29, 0.717) is 6.54 Å². The van der Waals surface area contributed by atoms with Gasteiger partial charge in [0.25, 0.3) is 0 Å². The number of nitrogens with zero attached hydrogens (tertiary/aromatic N) is 1. The molecule has 0 amide bonds. The normalized spacial score (nSPS) is 12.2. The van der Waals surface area contributed by atoms with Crippen molar-refractivity contribution in [2.75, 3.05) is 27.9 Å². The topological polar surface area (TPSA) is 41.9 Å². The summed E-state index contributed by atoms with van der Waals surface area (Å²) in [6.45, 7) is 0.749. The van der Waals surface area contributed by atoms with Gasteiger partial charge in [0, 0.05) is 12.1 Å². The maximum absolute atomic E-state index is 9.78. The third-order valence-corrected chi connectivity index (χ3v) is 3.82. The minimum atomic E-state index is -0.0733. The van der Waals surface area contributed by atoms with E-state index in [1.165, 1.54) is 0 Å². The zero-order valence-electron chi connectivity index (χ0n) is 13.3. The first kappa shape index (κ1) is 16.3. The highest BCUT2D eigenvalue weighted by molar-refractivity contribution is 5.34. The molecule has 0 spiro atoms. The first-order valence-electron chi connectivity index (χ1n) is 7.26. The summed E-state index contributed by atoms with van der Waals surface area (Å²) in [6, 6.07) is 15.7. The second kappa shape index (κ2) is 7.82. The van der Waals surface area contributed by atoms with Crippen molar-refractivity contribution in [2.45, 2.75) is 12.6 Å². The van der Waals surface area contributed by atoms with Crippen molar-refractivity contribution in [3.8, 4) is 11.5 Å². The van der Waals surface area contributed by atoms with E-state index in [2.05, 4.69) is 4.90 Å². The lowest BCUT2D eigenvalue weighted by Gasteiger charge is -2.27. The highest BCUT2D eigenvalue weighted by Crippen LogP contribution is 2.26. The second-order valence-corrected chi connectivity index (χ2v) is 5.20. The van der Waals surface area contributed by atoms with Crippen molar-refractivity contribution < 1.29 is 14.6 Å². The molecule has 22 heavy (non-hydrogen) atoms. The zero-order chi connectivity index (χ0) is 15.9. The third kappa shape index (κ3) is 3.78. The Kier molecular flexibility index (Phi) is 5.81. The molecule has 0 bridgehead atoms. The summed E-state index contributed by atoms with van der Waals surface area (Å²) in [5.41, 5.74) is 2.15. The van der Waals surface area contributed by atoms with Crippen LogP contribution in [0.4, 0.5) is 0 Å². The first-order valence-corrected chi connectivity index (χ1v) is 7.26. The third-order valence-electron chi connectivity index (χ3n) is 3.82. The van der Waals surface area contributed by atoms with Gasteiger partial charge in [-0.1, -0.05) is 30.3 Å². The van der Waals surface area contributed by atoms with E-state index in [4.69, 9.17) is 9.47 Å². The molecule has 0 aromatic heterocycles. The highest BCUT2D eigenvalue weighted by Gasteiger charge is 2.17. The van der Waals surface area contributed by atoms with Crippen molar-refractivity contribution in [1.82, 2.24) is 4.90 Å². The monoisotopic (exact) mass is 301 g/mol. The number of rotatable bonds is 7. The molecule has 4 heteroatoms. The number of para-hydroxylation sites is 1. The molecule has 2 aromatic rings. The van der Waals surface area contributed by atoms with Crippen LogP contribution >= 0.6 is 0 Å². The zero-order valence-corrected chi connectivity index (χ0v) is 13.3. The van der Waals surface area contributed by atoms with Crippen molar-refractivity contribution >= 4 is 0 Å². The molecule has 0 saturated heterocycles. The fourth-order valence-electron chi connectivity index (χ4n) is 2.54. The van der Waals surface area contributed by atoms with Crippen molar-refractivity contribution in [3.63, 3.8) is 0 Å². The molecule has 0 heterocycles. The van der Waals surface area contributed by atoms with Crippen LogP contribution in [0.3, 0.4) is 0 Å². The van der Waals surface area contributed by atoms with Gasteiger partial charge in [-0.05, 0) is 30.8 Å². The van der Waals surface area contributed by atoms with Crippen LogP contribution in [-0.4, -0.2) is 37.9 Å². The summed E-state index contributed by atoms with van der Waals surface area (Å²) in [7, 11) is 5.32. The van der Waals surface area contributed by atoms with Crippen LogP contribution in [0.1, 0.15) is 17.2 Å². The number of hydrogen-bond donors (Lipinski definition) is 1. The van der Waals surface area contributed by atoms with Crippen LogP contribution in [0.15, 0.2) is 48.5 Å². The van der Waals surface area contributed by atoms with Crippen molar-refractivity contribution in [1.29, 1.82) is 0 Å². The number of aliphatic hydroxyl groups is 1. The molecule has 0 saturated carbocycles. The predicted molar refractivity (Wildman–Crippen MR) is 87.3 cm³/mol. The van der Waals surface area contributed by atoms with E-state index < -0.39 is 0 Å². The van der Waals surface area contributed by atoms with Gasteiger partial charge in [0.2, 0.25) is 0 Å². The highest BCUT2D eigenvalue weighted by atomic mass is 16.5. The van der Waals surface area contributed by atoms with E-state index in [0.717, 1.165) is 22.6 Å². The molecule has 0 aliphatic carbocycles. The molecule has 118 valence electrons. The molecule has 2 rings (SSSR count). The lowest BCUT2D eigenvalue weighted by atomic mass is 10.1. The van der Waals surface area contributed by atoms with Gasteiger partial charge in [-0.15, -0.1) is 0 Å². The average Bonchev–Trinajstić information content (AvgIpc) is 2.56. The fraction of sp³-hybridized carbons (Fsp3) is 0.333. The van der Waals surface area contributed by atoms with Crippen LogP contribution in [-0.2, 0) is 6.54 Å². The molecule has 0 aliphatic rings. The van der Waals surface area contributed by atoms with E-state index in [1.54, 1.807) is 14.2 Å². The molecule has 0 radical (unpaired) electrons. The fourth-order valence-corrected chi connectivity index (χ4v) is 2.54. The standard InChI is InChI=1S/C18H23NO3/c1-19(12-15-6-4-5-7-18(15)22-3)17(13-20)14-8-10-16(21-2)11-9-14/h4-11,17,20H,12-13H2,1-3H3. The van der Waals surface area contributed by atoms with Crippen molar-refractivity contribution in [3.05, 3.63) is 59.7 Å². The molecule has 0 aliphatic heterocycles. The van der Waals surface area contributed by atoms with Gasteiger partial charge in [-0.25, -0.2) is 0 Å². The molecular weight excluding hydrogens is 278 g/mol. The molecule has 1 atom stereocenters. The summed E-state index contributed by atoms with van der Waals surface area (Å²) in [5, 5.41) is 9.78. The summed E-state index contributed by atoms with van der Waals surface area (Å²) >= 11 is 0. The maximum atomic E-state index is 9.78. The molecular formula is C18H23NO3. The van der Waals surface area contributed by atoms with Gasteiger partial charge in [0.1, 0.15) is 11.5 Å². The smallest absolute Gasteiger partial charge is 0.123 e. The Bertz CT molecular complexity index is 583. The van der Waals surface area contributed by atoms with Crippen LogP contribution < -0.4 is 9.47 Å². The Morgan fingerprint density at radius 1 is 1.00 bits per heavy atom. The lowest BCUT2D eigenvalue weighted by molar-refractivity contribution is 0.141. The first-order chi connectivity index (χ1) is 10.7. The molecule has 2 aromatic carbocycles. The minimum Gasteiger partial charge on any atom is -0.497 e. The van der Waals surface area contributed by atoms with Crippen LogP contribution in [0.5, 0.6) is 11.5 Å². The van der Waals surface area contributed by atoms with Crippen LogP contribution in [0, 0.1) is 0 Å². The Morgan fingerprint density at radius 2 is 1.68 bits per heavy atom. The Balaban J connectivity index is 2.15. The lowest BCUT2D eigenvalue weighted by Crippen LogP contribution is -2.27. The number of likely N-dealkylation sites (N-methyl/N-ethyl adjacent to an activating group) is 1. The largest absolute Gasteiger partial charge is 0.497 e. The molecule has 0 fully saturated rings. The average molecular weight is 301 g/mol. The predicted octanol–water partition coefficient (Wildman–Crippen LogP) is 2.87. The SMILES string of the molecule is COc1ccc(C(CO)N(C)Cc2ccccc2OC)cc1. The molecule has 1 unspecified atom stereocenters. The minimum absolute atomic E-state index is 0.0535. The van der Waals surface area contributed by atoms with Gasteiger partial charge >= 0.3 is 0 Å².